The molecule has 0 aliphatic rings. The average Bonchev–Trinajstić information content (AvgIpc) is 2.14. The van der Waals surface area contributed by atoms with Crippen LogP contribution < -0.4 is 10.6 Å². The molecule has 1 aromatic rings. The van der Waals surface area contributed by atoms with Gasteiger partial charge in [0.05, 0.1) is 5.69 Å². The molecule has 0 amide bonds. The number of hydrogen-bond acceptors (Lipinski definition) is 3. The van der Waals surface area contributed by atoms with Crippen LogP contribution >= 0.6 is 0 Å². The monoisotopic (exact) mass is 207 g/mol. The van der Waals surface area contributed by atoms with Gasteiger partial charge in [-0.15, -0.1) is 0 Å². The number of hydrogen-bond donors (Lipinski definition) is 1. The van der Waals surface area contributed by atoms with Crippen molar-refractivity contribution in [3.05, 3.63) is 17.8 Å². The standard InChI is InChI=1S/C12H21N3/c1-5-15(8-9(2)3)12-11(13)6-10(4)7-14-12/h6-7,9H,5,8,13H2,1-4H3. The van der Waals surface area contributed by atoms with Crippen molar-refractivity contribution >= 4 is 11.5 Å². The first-order chi connectivity index (χ1) is 7.04. The van der Waals surface area contributed by atoms with Gasteiger partial charge in [0.1, 0.15) is 0 Å². The van der Waals surface area contributed by atoms with E-state index in [2.05, 4.69) is 30.7 Å². The first-order valence-electron chi connectivity index (χ1n) is 5.51. The smallest absolute Gasteiger partial charge is 0.151 e. The van der Waals surface area contributed by atoms with E-state index in [9.17, 15) is 0 Å². The van der Waals surface area contributed by atoms with Crippen LogP contribution in [0.15, 0.2) is 12.3 Å². The molecule has 3 nitrogen and oxygen atoms in total. The molecule has 0 aliphatic carbocycles. The van der Waals surface area contributed by atoms with Gasteiger partial charge in [-0.2, -0.15) is 0 Å². The molecular weight excluding hydrogens is 186 g/mol. The summed E-state index contributed by atoms with van der Waals surface area (Å²) >= 11 is 0. The predicted octanol–water partition coefficient (Wildman–Crippen LogP) is 2.45. The van der Waals surface area contributed by atoms with Crippen molar-refractivity contribution in [2.45, 2.75) is 27.7 Å². The first-order valence-corrected chi connectivity index (χ1v) is 5.51. The molecule has 1 aromatic heterocycles. The van der Waals surface area contributed by atoms with Crippen molar-refractivity contribution in [2.24, 2.45) is 5.92 Å². The number of aryl methyl sites for hydroxylation is 1. The maximum absolute atomic E-state index is 5.97. The lowest BCUT2D eigenvalue weighted by molar-refractivity contribution is 0.615. The van der Waals surface area contributed by atoms with Crippen LogP contribution in [0.1, 0.15) is 26.3 Å². The molecule has 0 radical (unpaired) electrons. The Hall–Kier alpha value is -1.25. The summed E-state index contributed by atoms with van der Waals surface area (Å²) in [6.07, 6.45) is 1.87. The van der Waals surface area contributed by atoms with Gasteiger partial charge < -0.3 is 10.6 Å². The molecule has 0 atom stereocenters. The van der Waals surface area contributed by atoms with E-state index < -0.39 is 0 Å². The van der Waals surface area contributed by atoms with Crippen molar-refractivity contribution in [3.8, 4) is 0 Å². The summed E-state index contributed by atoms with van der Waals surface area (Å²) in [5.41, 5.74) is 7.85. The number of aromatic nitrogens is 1. The van der Waals surface area contributed by atoms with Crippen LogP contribution in [0.2, 0.25) is 0 Å². The van der Waals surface area contributed by atoms with E-state index in [1.54, 1.807) is 0 Å². The molecule has 0 bridgehead atoms. The van der Waals surface area contributed by atoms with E-state index in [1.165, 1.54) is 0 Å². The van der Waals surface area contributed by atoms with E-state index in [4.69, 9.17) is 5.73 Å². The first kappa shape index (κ1) is 11.8. The third kappa shape index (κ3) is 3.11. The second kappa shape index (κ2) is 5.01. The van der Waals surface area contributed by atoms with Crippen LogP contribution in [0.3, 0.4) is 0 Å². The van der Waals surface area contributed by atoms with E-state index in [0.29, 0.717) is 5.92 Å². The predicted molar refractivity (Wildman–Crippen MR) is 66.1 cm³/mol. The van der Waals surface area contributed by atoms with Crippen molar-refractivity contribution in [3.63, 3.8) is 0 Å². The zero-order chi connectivity index (χ0) is 11.4. The molecular formula is C12H21N3. The lowest BCUT2D eigenvalue weighted by Gasteiger charge is -2.25. The molecule has 3 heteroatoms. The van der Waals surface area contributed by atoms with Gasteiger partial charge in [-0.1, -0.05) is 13.8 Å². The van der Waals surface area contributed by atoms with E-state index in [-0.39, 0.29) is 0 Å². The van der Waals surface area contributed by atoms with Gasteiger partial charge in [-0.25, -0.2) is 4.98 Å². The van der Waals surface area contributed by atoms with Crippen molar-refractivity contribution in [1.29, 1.82) is 0 Å². The van der Waals surface area contributed by atoms with Gasteiger partial charge in [-0.05, 0) is 31.4 Å². The normalized spacial score (nSPS) is 10.7. The lowest BCUT2D eigenvalue weighted by atomic mass is 10.2. The minimum Gasteiger partial charge on any atom is -0.396 e. The summed E-state index contributed by atoms with van der Waals surface area (Å²) in [6, 6.07) is 1.98. The topological polar surface area (TPSA) is 42.2 Å². The fourth-order valence-corrected chi connectivity index (χ4v) is 1.65. The van der Waals surface area contributed by atoms with E-state index >= 15 is 0 Å². The molecule has 15 heavy (non-hydrogen) atoms. The highest BCUT2D eigenvalue weighted by Crippen LogP contribution is 2.21. The van der Waals surface area contributed by atoms with Crippen molar-refractivity contribution < 1.29 is 0 Å². The second-order valence-electron chi connectivity index (χ2n) is 4.36. The Balaban J connectivity index is 2.91. The minimum atomic E-state index is 0.618. The Bertz CT molecular complexity index is 321. The van der Waals surface area contributed by atoms with Crippen LogP contribution in [0.4, 0.5) is 11.5 Å². The number of rotatable bonds is 4. The largest absolute Gasteiger partial charge is 0.396 e. The molecule has 0 aliphatic heterocycles. The molecule has 0 spiro atoms. The Morgan fingerprint density at radius 3 is 2.60 bits per heavy atom. The molecule has 84 valence electrons. The van der Waals surface area contributed by atoms with Crippen LogP contribution in [0.5, 0.6) is 0 Å². The number of nitrogens with two attached hydrogens (primary N) is 1. The highest BCUT2D eigenvalue weighted by atomic mass is 15.2. The van der Waals surface area contributed by atoms with Crippen LogP contribution in [-0.2, 0) is 0 Å². The van der Waals surface area contributed by atoms with Crippen LogP contribution in [-0.4, -0.2) is 18.1 Å². The third-order valence-electron chi connectivity index (χ3n) is 2.30. The molecule has 1 rings (SSSR count). The molecule has 0 fully saturated rings. The fraction of sp³-hybridized carbons (Fsp3) is 0.583. The zero-order valence-corrected chi connectivity index (χ0v) is 10.1. The summed E-state index contributed by atoms with van der Waals surface area (Å²) in [5.74, 6) is 1.53. The fourth-order valence-electron chi connectivity index (χ4n) is 1.65. The number of pyridine rings is 1. The SMILES string of the molecule is CCN(CC(C)C)c1ncc(C)cc1N. The lowest BCUT2D eigenvalue weighted by Crippen LogP contribution is -2.28. The van der Waals surface area contributed by atoms with Gasteiger partial charge in [0.2, 0.25) is 0 Å². The molecule has 0 aromatic carbocycles. The molecule has 0 unspecified atom stereocenters. The molecule has 2 N–H and O–H groups in total. The highest BCUT2D eigenvalue weighted by molar-refractivity contribution is 5.63. The Morgan fingerprint density at radius 1 is 1.47 bits per heavy atom. The van der Waals surface area contributed by atoms with Crippen molar-refractivity contribution in [1.82, 2.24) is 4.98 Å². The molecule has 0 saturated heterocycles. The zero-order valence-electron chi connectivity index (χ0n) is 10.1. The summed E-state index contributed by atoms with van der Waals surface area (Å²) < 4.78 is 0. The number of nitrogens with zero attached hydrogens (tertiary/aromatic N) is 2. The van der Waals surface area contributed by atoms with Crippen LogP contribution in [0.25, 0.3) is 0 Å². The van der Waals surface area contributed by atoms with E-state index in [1.807, 2.05) is 19.2 Å². The second-order valence-corrected chi connectivity index (χ2v) is 4.36. The Morgan fingerprint density at radius 2 is 2.13 bits per heavy atom. The quantitative estimate of drug-likeness (QED) is 0.824. The van der Waals surface area contributed by atoms with E-state index in [0.717, 1.165) is 30.2 Å². The molecule has 0 saturated carbocycles. The molecule has 1 heterocycles. The highest BCUT2D eigenvalue weighted by Gasteiger charge is 2.10. The maximum Gasteiger partial charge on any atom is 0.151 e. The Labute approximate surface area is 92.3 Å². The summed E-state index contributed by atoms with van der Waals surface area (Å²) in [4.78, 5) is 6.62. The van der Waals surface area contributed by atoms with Gasteiger partial charge in [-0.3, -0.25) is 0 Å². The number of anilines is 2. The van der Waals surface area contributed by atoms with Crippen LogP contribution in [0, 0.1) is 12.8 Å². The van der Waals surface area contributed by atoms with Crippen molar-refractivity contribution in [2.75, 3.05) is 23.7 Å². The van der Waals surface area contributed by atoms with Gasteiger partial charge in [0.15, 0.2) is 5.82 Å². The van der Waals surface area contributed by atoms with Gasteiger partial charge >= 0.3 is 0 Å². The third-order valence-corrected chi connectivity index (χ3v) is 2.30. The minimum absolute atomic E-state index is 0.618. The average molecular weight is 207 g/mol. The summed E-state index contributed by atoms with van der Waals surface area (Å²) in [7, 11) is 0. The van der Waals surface area contributed by atoms with Gasteiger partial charge in [0.25, 0.3) is 0 Å². The summed E-state index contributed by atoms with van der Waals surface area (Å²) in [6.45, 7) is 10.5. The van der Waals surface area contributed by atoms with Gasteiger partial charge in [0, 0.05) is 19.3 Å². The summed E-state index contributed by atoms with van der Waals surface area (Å²) in [5, 5.41) is 0. The Kier molecular flexibility index (Phi) is 3.95. The maximum atomic E-state index is 5.97. The number of nitrogen functional groups attached to an aromatic ring is 1.